The summed E-state index contributed by atoms with van der Waals surface area (Å²) in [5, 5.41) is 10.8. The Hall–Kier alpha value is -1.62. The fraction of sp³-hybridized carbons (Fsp3) is 0.533. The van der Waals surface area contributed by atoms with Crippen molar-refractivity contribution in [3.05, 3.63) is 39.9 Å². The predicted molar refractivity (Wildman–Crippen MR) is 81.7 cm³/mol. The van der Waals surface area contributed by atoms with E-state index in [9.17, 15) is 14.9 Å². The summed E-state index contributed by atoms with van der Waals surface area (Å²) in [7, 11) is 0. The number of benzene rings is 1. The van der Waals surface area contributed by atoms with Gasteiger partial charge in [-0.3, -0.25) is 14.9 Å². The van der Waals surface area contributed by atoms with Crippen LogP contribution in [0.2, 0.25) is 0 Å². The second-order valence-electron chi connectivity index (χ2n) is 5.29. The lowest BCUT2D eigenvalue weighted by atomic mass is 9.93. The number of hydrogen-bond acceptors (Lipinski definition) is 3. The highest BCUT2D eigenvalue weighted by atomic mass is 35.5. The lowest BCUT2D eigenvalue weighted by Crippen LogP contribution is -2.42. The van der Waals surface area contributed by atoms with E-state index in [0.717, 1.165) is 25.7 Å². The zero-order valence-electron chi connectivity index (χ0n) is 11.8. The van der Waals surface area contributed by atoms with Gasteiger partial charge in [-0.15, -0.1) is 11.6 Å². The Bertz CT molecular complexity index is 515. The van der Waals surface area contributed by atoms with Crippen molar-refractivity contribution in [3.63, 3.8) is 0 Å². The number of carbonyl (C=O) groups is 1. The molecule has 0 atom stereocenters. The van der Waals surface area contributed by atoms with Crippen molar-refractivity contribution in [2.45, 2.75) is 38.1 Å². The minimum Gasteiger partial charge on any atom is -0.334 e. The quantitative estimate of drug-likeness (QED) is 0.474. The first-order chi connectivity index (χ1) is 10.1. The molecule has 0 heterocycles. The van der Waals surface area contributed by atoms with E-state index in [2.05, 4.69) is 0 Å². The first kappa shape index (κ1) is 15.8. The highest BCUT2D eigenvalue weighted by Gasteiger charge is 2.26. The van der Waals surface area contributed by atoms with Crippen molar-refractivity contribution < 1.29 is 9.72 Å². The topological polar surface area (TPSA) is 63.4 Å². The minimum absolute atomic E-state index is 0.0599. The molecule has 0 N–H and O–H groups in total. The largest absolute Gasteiger partial charge is 0.334 e. The Morgan fingerprint density at radius 1 is 1.33 bits per heavy atom. The Morgan fingerprint density at radius 2 is 2.05 bits per heavy atom. The van der Waals surface area contributed by atoms with E-state index in [0.29, 0.717) is 18.0 Å². The van der Waals surface area contributed by atoms with Crippen molar-refractivity contribution in [3.8, 4) is 0 Å². The Morgan fingerprint density at radius 3 is 2.67 bits per heavy atom. The van der Waals surface area contributed by atoms with E-state index in [1.807, 2.05) is 0 Å². The van der Waals surface area contributed by atoms with E-state index >= 15 is 0 Å². The fourth-order valence-corrected chi connectivity index (χ4v) is 3.03. The van der Waals surface area contributed by atoms with Crippen LogP contribution in [-0.2, 0) is 0 Å². The summed E-state index contributed by atoms with van der Waals surface area (Å²) in [6.45, 7) is 0.480. The molecule has 0 radical (unpaired) electrons. The number of amides is 1. The second-order valence-corrected chi connectivity index (χ2v) is 5.66. The molecular weight excluding hydrogens is 292 g/mol. The van der Waals surface area contributed by atoms with Gasteiger partial charge in [0.05, 0.1) is 4.92 Å². The molecule has 1 aliphatic rings. The molecule has 114 valence electrons. The highest BCUT2D eigenvalue weighted by molar-refractivity contribution is 6.18. The molecule has 1 aromatic carbocycles. The molecule has 1 aliphatic carbocycles. The van der Waals surface area contributed by atoms with Gasteiger partial charge in [0, 0.05) is 36.2 Å². The first-order valence-electron chi connectivity index (χ1n) is 7.25. The van der Waals surface area contributed by atoms with E-state index in [1.165, 1.54) is 18.6 Å². The number of alkyl halides is 1. The van der Waals surface area contributed by atoms with E-state index < -0.39 is 4.92 Å². The SMILES string of the molecule is O=C(c1cccc([N+](=O)[O-])c1)N(CCCl)C1CCCCC1. The standard InChI is InChI=1S/C15H19ClN2O3/c16-9-10-17(13-6-2-1-3-7-13)15(19)12-5-4-8-14(11-12)18(20)21/h4-5,8,11,13H,1-3,6-7,9-10H2. The molecule has 1 saturated carbocycles. The van der Waals surface area contributed by atoms with E-state index in [1.54, 1.807) is 17.0 Å². The third-order valence-corrected chi connectivity index (χ3v) is 4.07. The van der Waals surface area contributed by atoms with Crippen LogP contribution in [0.25, 0.3) is 0 Å². The summed E-state index contributed by atoms with van der Waals surface area (Å²) in [6.07, 6.45) is 5.41. The third-order valence-electron chi connectivity index (χ3n) is 3.91. The van der Waals surface area contributed by atoms with Crippen molar-refractivity contribution in [2.24, 2.45) is 0 Å². The van der Waals surface area contributed by atoms with Crippen LogP contribution < -0.4 is 0 Å². The number of halogens is 1. The summed E-state index contributed by atoms with van der Waals surface area (Å²) in [5.74, 6) is 0.211. The number of nitro benzene ring substituents is 1. The monoisotopic (exact) mass is 310 g/mol. The van der Waals surface area contributed by atoms with E-state index in [4.69, 9.17) is 11.6 Å². The van der Waals surface area contributed by atoms with Crippen molar-refractivity contribution in [1.82, 2.24) is 4.90 Å². The zero-order valence-corrected chi connectivity index (χ0v) is 12.6. The second kappa shape index (κ2) is 7.41. The first-order valence-corrected chi connectivity index (χ1v) is 7.78. The maximum absolute atomic E-state index is 12.7. The van der Waals surface area contributed by atoms with Crippen molar-refractivity contribution in [2.75, 3.05) is 12.4 Å². The summed E-state index contributed by atoms with van der Waals surface area (Å²) < 4.78 is 0. The van der Waals surface area contributed by atoms with Crippen LogP contribution >= 0.6 is 11.6 Å². The molecule has 1 amide bonds. The third kappa shape index (κ3) is 3.94. The van der Waals surface area contributed by atoms with Crippen LogP contribution in [-0.4, -0.2) is 34.2 Å². The highest BCUT2D eigenvalue weighted by Crippen LogP contribution is 2.25. The number of carbonyl (C=O) groups excluding carboxylic acids is 1. The van der Waals surface area contributed by atoms with Crippen LogP contribution in [0, 0.1) is 10.1 Å². The summed E-state index contributed by atoms with van der Waals surface area (Å²) in [5.41, 5.74) is 0.301. The Kier molecular flexibility index (Phi) is 5.56. The van der Waals surface area contributed by atoms with Crippen LogP contribution in [0.5, 0.6) is 0 Å². The number of nitro groups is 1. The van der Waals surface area contributed by atoms with Gasteiger partial charge < -0.3 is 4.90 Å². The van der Waals surface area contributed by atoms with Gasteiger partial charge in [-0.2, -0.15) is 0 Å². The molecule has 6 heteroatoms. The van der Waals surface area contributed by atoms with Crippen LogP contribution in [0.1, 0.15) is 42.5 Å². The molecular formula is C15H19ClN2O3. The molecule has 1 aromatic rings. The van der Waals surface area contributed by atoms with Gasteiger partial charge in [-0.25, -0.2) is 0 Å². The molecule has 2 rings (SSSR count). The van der Waals surface area contributed by atoms with Crippen LogP contribution in [0.4, 0.5) is 5.69 Å². The van der Waals surface area contributed by atoms with Gasteiger partial charge in [0.2, 0.25) is 0 Å². The maximum Gasteiger partial charge on any atom is 0.270 e. The lowest BCUT2D eigenvalue weighted by Gasteiger charge is -2.34. The fourth-order valence-electron chi connectivity index (χ4n) is 2.85. The lowest BCUT2D eigenvalue weighted by molar-refractivity contribution is -0.384. The number of nitrogens with zero attached hydrogens (tertiary/aromatic N) is 2. The molecule has 0 aliphatic heterocycles. The van der Waals surface area contributed by atoms with Gasteiger partial charge in [0.25, 0.3) is 11.6 Å². The number of hydrogen-bond donors (Lipinski definition) is 0. The average molecular weight is 311 g/mol. The maximum atomic E-state index is 12.7. The van der Waals surface area contributed by atoms with Gasteiger partial charge in [-0.1, -0.05) is 25.3 Å². The number of rotatable bonds is 5. The average Bonchev–Trinajstić information content (AvgIpc) is 2.53. The summed E-state index contributed by atoms with van der Waals surface area (Å²) in [6, 6.07) is 6.10. The Balaban J connectivity index is 2.20. The molecule has 0 aromatic heterocycles. The van der Waals surface area contributed by atoms with Crippen molar-refractivity contribution in [1.29, 1.82) is 0 Å². The van der Waals surface area contributed by atoms with Gasteiger partial charge in [0.1, 0.15) is 0 Å². The van der Waals surface area contributed by atoms with Gasteiger partial charge in [0.15, 0.2) is 0 Å². The molecule has 1 fully saturated rings. The van der Waals surface area contributed by atoms with Gasteiger partial charge >= 0.3 is 0 Å². The van der Waals surface area contributed by atoms with Crippen LogP contribution in [0.15, 0.2) is 24.3 Å². The minimum atomic E-state index is -0.483. The van der Waals surface area contributed by atoms with Crippen molar-refractivity contribution >= 4 is 23.2 Å². The summed E-state index contributed by atoms with van der Waals surface area (Å²) >= 11 is 5.83. The molecule has 21 heavy (non-hydrogen) atoms. The van der Waals surface area contributed by atoms with Gasteiger partial charge in [-0.05, 0) is 18.9 Å². The molecule has 0 saturated heterocycles. The number of non-ortho nitro benzene ring substituents is 1. The normalized spacial score (nSPS) is 15.7. The van der Waals surface area contributed by atoms with E-state index in [-0.39, 0.29) is 17.6 Å². The molecule has 5 nitrogen and oxygen atoms in total. The molecule has 0 unspecified atom stereocenters. The molecule has 0 bridgehead atoms. The zero-order chi connectivity index (χ0) is 15.2. The molecule has 0 spiro atoms. The summed E-state index contributed by atoms with van der Waals surface area (Å²) in [4.78, 5) is 24.8. The van der Waals surface area contributed by atoms with Crippen LogP contribution in [0.3, 0.4) is 0 Å². The smallest absolute Gasteiger partial charge is 0.270 e. The predicted octanol–water partition coefficient (Wildman–Crippen LogP) is 3.61. The Labute approximate surface area is 129 Å².